The van der Waals surface area contributed by atoms with Crippen molar-refractivity contribution in [3.63, 3.8) is 0 Å². The molecule has 30 heavy (non-hydrogen) atoms. The average Bonchev–Trinajstić information content (AvgIpc) is 3.17. The Kier molecular flexibility index (Phi) is 4.96. The maximum absolute atomic E-state index is 13.8. The van der Waals surface area contributed by atoms with Crippen molar-refractivity contribution in [2.45, 2.75) is 51.5 Å². The van der Waals surface area contributed by atoms with E-state index in [2.05, 4.69) is 29.5 Å². The van der Waals surface area contributed by atoms with Gasteiger partial charge in [0.25, 0.3) is 5.91 Å². The molecule has 0 unspecified atom stereocenters. The lowest BCUT2D eigenvalue weighted by molar-refractivity contribution is -0.146. The van der Waals surface area contributed by atoms with E-state index < -0.39 is 5.41 Å². The van der Waals surface area contributed by atoms with Crippen LogP contribution in [0.5, 0.6) is 0 Å². The van der Waals surface area contributed by atoms with Crippen molar-refractivity contribution in [2.24, 2.45) is 11.3 Å². The monoisotopic (exact) mass is 426 g/mol. The Bertz CT molecular complexity index is 933. The van der Waals surface area contributed by atoms with Crippen LogP contribution in [0.1, 0.15) is 67.5 Å². The van der Waals surface area contributed by atoms with Gasteiger partial charge < -0.3 is 14.4 Å². The van der Waals surface area contributed by atoms with E-state index in [9.17, 15) is 9.59 Å². The first-order valence-corrected chi connectivity index (χ1v) is 12.1. The molecule has 0 radical (unpaired) electrons. The molecule has 3 aliphatic rings. The number of nitrogens with zero attached hydrogens (tertiary/aromatic N) is 4. The van der Waals surface area contributed by atoms with Gasteiger partial charge >= 0.3 is 0 Å². The Hall–Kier alpha value is -2.15. The van der Waals surface area contributed by atoms with Crippen LogP contribution in [-0.2, 0) is 4.79 Å². The van der Waals surface area contributed by atoms with E-state index >= 15 is 0 Å². The van der Waals surface area contributed by atoms with Gasteiger partial charge in [-0.25, -0.2) is 4.98 Å². The second-order valence-electron chi connectivity index (χ2n) is 9.54. The number of hydrogen-bond donors (Lipinski definition) is 0. The molecule has 2 amide bonds. The number of thiophene rings is 1. The fourth-order valence-electron chi connectivity index (χ4n) is 5.19. The van der Waals surface area contributed by atoms with Crippen LogP contribution in [0.25, 0.3) is 0 Å². The summed E-state index contributed by atoms with van der Waals surface area (Å²) in [5, 5.41) is 3.84. The number of carbonyl (C=O) groups excluding carboxylic acids is 2. The van der Waals surface area contributed by atoms with E-state index in [-0.39, 0.29) is 17.7 Å². The topological polar surface area (TPSA) is 58.4 Å². The highest BCUT2D eigenvalue weighted by molar-refractivity contribution is 7.08. The first-order chi connectivity index (χ1) is 14.5. The van der Waals surface area contributed by atoms with Crippen LogP contribution in [-0.4, -0.2) is 57.3 Å². The number of amides is 2. The first-order valence-electron chi connectivity index (χ1n) is 11.1. The summed E-state index contributed by atoms with van der Waals surface area (Å²) < 4.78 is 2.10. The maximum atomic E-state index is 13.8. The first kappa shape index (κ1) is 19.8. The van der Waals surface area contributed by atoms with Gasteiger partial charge in [0.2, 0.25) is 5.91 Å². The molecule has 5 rings (SSSR count). The fourth-order valence-corrected chi connectivity index (χ4v) is 5.82. The number of carbonyl (C=O) groups is 2. The Labute approximate surface area is 181 Å². The second kappa shape index (κ2) is 7.52. The molecule has 4 heterocycles. The average molecular weight is 427 g/mol. The molecule has 2 atom stereocenters. The second-order valence-corrected chi connectivity index (χ2v) is 10.3. The van der Waals surface area contributed by atoms with E-state index in [1.54, 1.807) is 0 Å². The van der Waals surface area contributed by atoms with Crippen molar-refractivity contribution >= 4 is 23.2 Å². The Morgan fingerprint density at radius 3 is 2.87 bits per heavy atom. The molecule has 6 nitrogen and oxygen atoms in total. The smallest absolute Gasteiger partial charge is 0.254 e. The maximum Gasteiger partial charge on any atom is 0.254 e. The van der Waals surface area contributed by atoms with Gasteiger partial charge in [0, 0.05) is 49.7 Å². The molecular formula is C23H30N4O2S. The van der Waals surface area contributed by atoms with Crippen LogP contribution in [0.4, 0.5) is 0 Å². The summed E-state index contributed by atoms with van der Waals surface area (Å²) in [4.78, 5) is 35.7. The van der Waals surface area contributed by atoms with E-state index in [0.29, 0.717) is 25.0 Å². The predicted molar refractivity (Wildman–Crippen MR) is 117 cm³/mol. The zero-order chi connectivity index (χ0) is 20.9. The lowest BCUT2D eigenvalue weighted by Gasteiger charge is -2.42. The molecule has 1 spiro atoms. The fraction of sp³-hybridized carbons (Fsp3) is 0.609. The van der Waals surface area contributed by atoms with Gasteiger partial charge in [-0.15, -0.1) is 0 Å². The molecule has 2 aromatic heterocycles. The number of imidazole rings is 1. The molecule has 0 aromatic carbocycles. The third kappa shape index (κ3) is 3.37. The van der Waals surface area contributed by atoms with Gasteiger partial charge in [0.1, 0.15) is 0 Å². The number of likely N-dealkylation sites (tertiary alicyclic amines) is 2. The molecule has 2 saturated heterocycles. The summed E-state index contributed by atoms with van der Waals surface area (Å²) in [7, 11) is 0. The largest absolute Gasteiger partial charge is 0.342 e. The molecular weight excluding hydrogens is 396 g/mol. The van der Waals surface area contributed by atoms with Gasteiger partial charge in [0.05, 0.1) is 23.0 Å². The summed E-state index contributed by atoms with van der Waals surface area (Å²) in [6.45, 7) is 7.05. The molecule has 0 bridgehead atoms. The summed E-state index contributed by atoms with van der Waals surface area (Å²) >= 11 is 1.53. The van der Waals surface area contributed by atoms with Gasteiger partial charge in [0.15, 0.2) is 0 Å². The van der Waals surface area contributed by atoms with Crippen LogP contribution in [0.15, 0.2) is 29.4 Å². The Morgan fingerprint density at radius 1 is 1.37 bits per heavy atom. The zero-order valence-corrected chi connectivity index (χ0v) is 18.6. The normalized spacial score (nSPS) is 26.9. The van der Waals surface area contributed by atoms with Crippen LogP contribution in [0, 0.1) is 11.3 Å². The van der Waals surface area contributed by atoms with Crippen molar-refractivity contribution < 1.29 is 9.59 Å². The summed E-state index contributed by atoms with van der Waals surface area (Å²) in [6, 6.07) is 2.20. The quantitative estimate of drug-likeness (QED) is 0.731. The number of aromatic nitrogens is 2. The molecule has 2 aromatic rings. The number of rotatable bonds is 5. The van der Waals surface area contributed by atoms with Crippen molar-refractivity contribution in [3.05, 3.63) is 40.6 Å². The van der Waals surface area contributed by atoms with Crippen molar-refractivity contribution in [2.75, 3.05) is 26.2 Å². The van der Waals surface area contributed by atoms with Crippen molar-refractivity contribution in [1.82, 2.24) is 19.4 Å². The standard InChI is InChI=1S/C23H30N4O2S/c1-16(2)27-12-20(24-15-27)19-11-26(21(28)18-6-9-30-13-18)14-23(19)7-3-8-25(22(23)29)10-17-4-5-17/h6,9,12-13,15-17,19H,3-5,7-8,10-11,14H2,1-2H3/t19-,23+/m0/s1. The lowest BCUT2D eigenvalue weighted by atomic mass is 9.70. The minimum Gasteiger partial charge on any atom is -0.342 e. The van der Waals surface area contributed by atoms with Gasteiger partial charge in [-0.2, -0.15) is 11.3 Å². The van der Waals surface area contributed by atoms with Gasteiger partial charge in [-0.05, 0) is 56.9 Å². The number of hydrogen-bond acceptors (Lipinski definition) is 4. The summed E-state index contributed by atoms with van der Waals surface area (Å²) in [6.07, 6.45) is 8.26. The predicted octanol–water partition coefficient (Wildman–Crippen LogP) is 3.78. The van der Waals surface area contributed by atoms with Crippen LogP contribution >= 0.6 is 11.3 Å². The molecule has 0 N–H and O–H groups in total. The SMILES string of the molecule is CC(C)n1cnc([C@@H]2CN(C(=O)c3ccsc3)C[C@]23CCCN(CC2CC2)C3=O)c1. The van der Waals surface area contributed by atoms with Crippen molar-refractivity contribution in [1.29, 1.82) is 0 Å². The highest BCUT2D eigenvalue weighted by atomic mass is 32.1. The Morgan fingerprint density at radius 2 is 2.20 bits per heavy atom. The van der Waals surface area contributed by atoms with E-state index in [0.717, 1.165) is 37.2 Å². The van der Waals surface area contributed by atoms with E-state index in [4.69, 9.17) is 4.98 Å². The van der Waals surface area contributed by atoms with Gasteiger partial charge in [-0.1, -0.05) is 0 Å². The van der Waals surface area contributed by atoms with E-state index in [1.165, 1.54) is 24.2 Å². The summed E-state index contributed by atoms with van der Waals surface area (Å²) in [5.41, 5.74) is 1.13. The van der Waals surface area contributed by atoms with Crippen LogP contribution < -0.4 is 0 Å². The molecule has 1 aliphatic carbocycles. The highest BCUT2D eigenvalue weighted by Gasteiger charge is 2.57. The molecule has 3 fully saturated rings. The van der Waals surface area contributed by atoms with Gasteiger partial charge in [-0.3, -0.25) is 9.59 Å². The summed E-state index contributed by atoms with van der Waals surface area (Å²) in [5.74, 6) is 0.904. The van der Waals surface area contributed by atoms with Crippen LogP contribution in [0.3, 0.4) is 0 Å². The van der Waals surface area contributed by atoms with Crippen molar-refractivity contribution in [3.8, 4) is 0 Å². The zero-order valence-electron chi connectivity index (χ0n) is 17.8. The van der Waals surface area contributed by atoms with Crippen LogP contribution in [0.2, 0.25) is 0 Å². The third-order valence-electron chi connectivity index (χ3n) is 7.11. The molecule has 2 aliphatic heterocycles. The van der Waals surface area contributed by atoms with E-state index in [1.807, 2.05) is 28.1 Å². The molecule has 1 saturated carbocycles. The lowest BCUT2D eigenvalue weighted by Crippen LogP contribution is -2.52. The highest BCUT2D eigenvalue weighted by Crippen LogP contribution is 2.50. The Balaban J connectivity index is 1.49. The number of piperidine rings is 1. The minimum absolute atomic E-state index is 0.0357. The minimum atomic E-state index is -0.547. The third-order valence-corrected chi connectivity index (χ3v) is 7.80. The molecule has 7 heteroatoms. The molecule has 160 valence electrons.